The molecule has 3 aromatic rings. The lowest BCUT2D eigenvalue weighted by atomic mass is 10.1. The van der Waals surface area contributed by atoms with E-state index in [1.54, 1.807) is 37.4 Å². The summed E-state index contributed by atoms with van der Waals surface area (Å²) in [5.74, 6) is 1.07. The van der Waals surface area contributed by atoms with Crippen LogP contribution in [0.1, 0.15) is 16.1 Å². The van der Waals surface area contributed by atoms with Crippen molar-refractivity contribution in [3.63, 3.8) is 0 Å². The predicted molar refractivity (Wildman–Crippen MR) is 87.8 cm³/mol. The molecule has 1 heterocycles. The van der Waals surface area contributed by atoms with Gasteiger partial charge in [0.15, 0.2) is 11.5 Å². The molecule has 0 saturated carbocycles. The summed E-state index contributed by atoms with van der Waals surface area (Å²) < 4.78 is 10.3. The topological polar surface area (TPSA) is 84.6 Å². The summed E-state index contributed by atoms with van der Waals surface area (Å²) in [7, 11) is 1.60. The molecule has 6 nitrogen and oxygen atoms in total. The smallest absolute Gasteiger partial charge is 0.273 e. The van der Waals surface area contributed by atoms with Gasteiger partial charge in [-0.25, -0.2) is 0 Å². The van der Waals surface area contributed by atoms with Gasteiger partial charge in [-0.05, 0) is 42.0 Å². The van der Waals surface area contributed by atoms with E-state index in [2.05, 4.69) is 10.5 Å². The maximum absolute atomic E-state index is 12.1. The van der Waals surface area contributed by atoms with Crippen LogP contribution in [0.25, 0.3) is 11.3 Å². The Kier molecular flexibility index (Phi) is 4.47. The first kappa shape index (κ1) is 15.6. The fourth-order valence-electron chi connectivity index (χ4n) is 2.16. The highest BCUT2D eigenvalue weighted by molar-refractivity contribution is 5.93. The predicted octanol–water partition coefficient (Wildman–Crippen LogP) is 2.99. The number of carbonyl (C=O) groups is 1. The Balaban J connectivity index is 1.64. The Bertz CT molecular complexity index is 823. The van der Waals surface area contributed by atoms with Crippen LogP contribution in [0.4, 0.5) is 0 Å². The van der Waals surface area contributed by atoms with Crippen LogP contribution < -0.4 is 10.1 Å². The van der Waals surface area contributed by atoms with Crippen molar-refractivity contribution in [2.75, 3.05) is 7.11 Å². The molecule has 6 heteroatoms. The molecule has 3 rings (SSSR count). The Hall–Kier alpha value is -3.28. The van der Waals surface area contributed by atoms with E-state index in [1.807, 2.05) is 24.3 Å². The highest BCUT2D eigenvalue weighted by atomic mass is 16.5. The first-order valence-electron chi connectivity index (χ1n) is 7.33. The number of amides is 1. The summed E-state index contributed by atoms with van der Waals surface area (Å²) in [4.78, 5) is 12.1. The average molecular weight is 324 g/mol. The number of hydrogen-bond donors (Lipinski definition) is 2. The minimum absolute atomic E-state index is 0.163. The maximum atomic E-state index is 12.1. The lowest BCUT2D eigenvalue weighted by molar-refractivity contribution is 0.0942. The monoisotopic (exact) mass is 324 g/mol. The summed E-state index contributed by atoms with van der Waals surface area (Å²) in [6.45, 7) is 0.379. The summed E-state index contributed by atoms with van der Waals surface area (Å²) in [6, 6.07) is 15.5. The number of ether oxygens (including phenoxy) is 1. The number of nitrogens with zero attached hydrogens (tertiary/aromatic N) is 1. The van der Waals surface area contributed by atoms with Crippen molar-refractivity contribution < 1.29 is 19.2 Å². The molecule has 0 spiro atoms. The lowest BCUT2D eigenvalue weighted by Gasteiger charge is -2.04. The van der Waals surface area contributed by atoms with Crippen molar-refractivity contribution in [3.05, 3.63) is 65.9 Å². The molecule has 0 bridgehead atoms. The van der Waals surface area contributed by atoms with Crippen LogP contribution in [-0.4, -0.2) is 23.3 Å². The molecule has 0 atom stereocenters. The summed E-state index contributed by atoms with van der Waals surface area (Å²) >= 11 is 0. The third-order valence-electron chi connectivity index (χ3n) is 3.51. The lowest BCUT2D eigenvalue weighted by Crippen LogP contribution is -2.22. The van der Waals surface area contributed by atoms with Gasteiger partial charge in [0.1, 0.15) is 11.5 Å². The third kappa shape index (κ3) is 3.55. The molecular weight excluding hydrogens is 308 g/mol. The van der Waals surface area contributed by atoms with Gasteiger partial charge in [0.2, 0.25) is 0 Å². The van der Waals surface area contributed by atoms with Gasteiger partial charge in [-0.2, -0.15) is 0 Å². The normalized spacial score (nSPS) is 10.4. The van der Waals surface area contributed by atoms with Gasteiger partial charge in [0.05, 0.1) is 7.11 Å². The van der Waals surface area contributed by atoms with Gasteiger partial charge in [-0.15, -0.1) is 0 Å². The van der Waals surface area contributed by atoms with E-state index in [0.717, 1.165) is 16.9 Å². The van der Waals surface area contributed by atoms with Gasteiger partial charge >= 0.3 is 0 Å². The number of aromatic hydroxyl groups is 1. The molecule has 0 unspecified atom stereocenters. The second-order valence-electron chi connectivity index (χ2n) is 5.15. The minimum Gasteiger partial charge on any atom is -0.508 e. The van der Waals surface area contributed by atoms with E-state index in [0.29, 0.717) is 12.3 Å². The standard InChI is InChI=1S/C18H16N2O4/c1-23-15-8-2-12(3-9-15)11-19-18(22)16-10-17(24-20-16)13-4-6-14(21)7-5-13/h2-10,21H,11H2,1H3,(H,19,22). The van der Waals surface area contributed by atoms with Crippen LogP contribution in [0.3, 0.4) is 0 Å². The molecule has 0 saturated heterocycles. The van der Waals surface area contributed by atoms with Crippen LogP contribution in [0.5, 0.6) is 11.5 Å². The second-order valence-corrected chi connectivity index (χ2v) is 5.15. The van der Waals surface area contributed by atoms with E-state index in [-0.39, 0.29) is 17.4 Å². The van der Waals surface area contributed by atoms with Gasteiger partial charge in [0, 0.05) is 18.2 Å². The van der Waals surface area contributed by atoms with Crippen LogP contribution in [0.15, 0.2) is 59.1 Å². The largest absolute Gasteiger partial charge is 0.508 e. The number of rotatable bonds is 5. The maximum Gasteiger partial charge on any atom is 0.273 e. The number of aromatic nitrogens is 1. The Morgan fingerprint density at radius 2 is 1.88 bits per heavy atom. The Morgan fingerprint density at radius 1 is 1.17 bits per heavy atom. The molecule has 0 aliphatic carbocycles. The van der Waals surface area contributed by atoms with Crippen molar-refractivity contribution >= 4 is 5.91 Å². The first-order chi connectivity index (χ1) is 11.7. The van der Waals surface area contributed by atoms with E-state index in [4.69, 9.17) is 9.26 Å². The Labute approximate surface area is 138 Å². The number of hydrogen-bond acceptors (Lipinski definition) is 5. The van der Waals surface area contributed by atoms with E-state index in [9.17, 15) is 9.90 Å². The molecule has 0 fully saturated rings. The molecule has 0 radical (unpaired) electrons. The fraction of sp³-hybridized carbons (Fsp3) is 0.111. The van der Waals surface area contributed by atoms with Gasteiger partial charge in [-0.3, -0.25) is 4.79 Å². The van der Waals surface area contributed by atoms with Gasteiger partial charge < -0.3 is 19.7 Å². The third-order valence-corrected chi connectivity index (χ3v) is 3.51. The zero-order chi connectivity index (χ0) is 16.9. The van der Waals surface area contributed by atoms with E-state index in [1.165, 1.54) is 0 Å². The van der Waals surface area contributed by atoms with Crippen LogP contribution in [-0.2, 0) is 6.54 Å². The van der Waals surface area contributed by atoms with E-state index < -0.39 is 0 Å². The highest BCUT2D eigenvalue weighted by Gasteiger charge is 2.13. The number of phenolic OH excluding ortho intramolecular Hbond substituents is 1. The summed E-state index contributed by atoms with van der Waals surface area (Å²) in [5.41, 5.74) is 1.88. The van der Waals surface area contributed by atoms with Crippen molar-refractivity contribution in [2.45, 2.75) is 6.54 Å². The number of benzene rings is 2. The van der Waals surface area contributed by atoms with Crippen molar-refractivity contribution in [3.8, 4) is 22.8 Å². The van der Waals surface area contributed by atoms with Crippen LogP contribution in [0.2, 0.25) is 0 Å². The van der Waals surface area contributed by atoms with Gasteiger partial charge in [0.25, 0.3) is 5.91 Å². The van der Waals surface area contributed by atoms with Crippen molar-refractivity contribution in [1.29, 1.82) is 0 Å². The molecule has 24 heavy (non-hydrogen) atoms. The molecule has 2 N–H and O–H groups in total. The molecule has 1 aromatic heterocycles. The quantitative estimate of drug-likeness (QED) is 0.753. The summed E-state index contributed by atoms with van der Waals surface area (Å²) in [6.07, 6.45) is 0. The highest BCUT2D eigenvalue weighted by Crippen LogP contribution is 2.22. The minimum atomic E-state index is -0.320. The Morgan fingerprint density at radius 3 is 2.54 bits per heavy atom. The molecule has 0 aliphatic heterocycles. The molecular formula is C18H16N2O4. The average Bonchev–Trinajstić information content (AvgIpc) is 3.11. The first-order valence-corrected chi connectivity index (χ1v) is 7.33. The number of methoxy groups -OCH3 is 1. The SMILES string of the molecule is COc1ccc(CNC(=O)c2cc(-c3ccc(O)cc3)on2)cc1. The summed E-state index contributed by atoms with van der Waals surface area (Å²) in [5, 5.41) is 15.9. The molecule has 122 valence electrons. The zero-order valence-electron chi connectivity index (χ0n) is 13.0. The van der Waals surface area contributed by atoms with Gasteiger partial charge in [-0.1, -0.05) is 17.3 Å². The molecule has 0 aliphatic rings. The van der Waals surface area contributed by atoms with Crippen molar-refractivity contribution in [1.82, 2.24) is 10.5 Å². The number of phenols is 1. The van der Waals surface area contributed by atoms with E-state index >= 15 is 0 Å². The molecule has 2 aromatic carbocycles. The molecule has 1 amide bonds. The second kappa shape index (κ2) is 6.87. The zero-order valence-corrected chi connectivity index (χ0v) is 13.0. The fourth-order valence-corrected chi connectivity index (χ4v) is 2.16. The van der Waals surface area contributed by atoms with Crippen molar-refractivity contribution in [2.24, 2.45) is 0 Å². The van der Waals surface area contributed by atoms with Crippen LogP contribution in [0, 0.1) is 0 Å². The number of nitrogens with one attached hydrogen (secondary N) is 1. The number of carbonyl (C=O) groups excluding carboxylic acids is 1. The van der Waals surface area contributed by atoms with Crippen LogP contribution >= 0.6 is 0 Å².